The van der Waals surface area contributed by atoms with Gasteiger partial charge in [-0.3, -0.25) is 4.79 Å². The van der Waals surface area contributed by atoms with E-state index in [1.807, 2.05) is 19.1 Å². The first kappa shape index (κ1) is 25.0. The zero-order valence-electron chi connectivity index (χ0n) is 19.5. The molecule has 8 heteroatoms. The predicted octanol–water partition coefficient (Wildman–Crippen LogP) is 6.16. The molecule has 2 N–H and O–H groups in total. The van der Waals surface area contributed by atoms with Gasteiger partial charge in [0.15, 0.2) is 11.5 Å². The Hall–Kier alpha value is -2.61. The normalized spacial score (nSPS) is 14.4. The van der Waals surface area contributed by atoms with Gasteiger partial charge in [-0.05, 0) is 61.7 Å². The van der Waals surface area contributed by atoms with E-state index in [4.69, 9.17) is 14.6 Å². The van der Waals surface area contributed by atoms with Gasteiger partial charge in [-0.15, -0.1) is 0 Å². The van der Waals surface area contributed by atoms with Crippen molar-refractivity contribution in [1.82, 2.24) is 9.97 Å². The summed E-state index contributed by atoms with van der Waals surface area (Å²) >= 11 is 3.62. The lowest BCUT2D eigenvalue weighted by Gasteiger charge is -2.21. The molecule has 0 amide bonds. The highest BCUT2D eigenvalue weighted by atomic mass is 79.9. The van der Waals surface area contributed by atoms with Gasteiger partial charge in [0, 0.05) is 23.9 Å². The van der Waals surface area contributed by atoms with Crippen LogP contribution in [0.5, 0.6) is 11.5 Å². The average molecular weight is 518 g/mol. The van der Waals surface area contributed by atoms with Crippen LogP contribution in [0.15, 0.2) is 34.3 Å². The number of anilines is 1. The van der Waals surface area contributed by atoms with Crippen molar-refractivity contribution in [3.05, 3.63) is 40.2 Å². The topological polar surface area (TPSA) is 93.6 Å². The van der Waals surface area contributed by atoms with Gasteiger partial charge in [0.25, 0.3) is 0 Å². The molecule has 1 aromatic heterocycles. The molecular weight excluding hydrogens is 486 g/mol. The van der Waals surface area contributed by atoms with Gasteiger partial charge in [-0.25, -0.2) is 9.97 Å². The molecule has 0 aliphatic heterocycles. The van der Waals surface area contributed by atoms with Gasteiger partial charge in [0.05, 0.1) is 19.2 Å². The van der Waals surface area contributed by atoms with Gasteiger partial charge < -0.3 is 19.9 Å². The Morgan fingerprint density at radius 2 is 2.00 bits per heavy atom. The molecule has 1 heterocycles. The van der Waals surface area contributed by atoms with E-state index in [9.17, 15) is 4.79 Å². The lowest BCUT2D eigenvalue weighted by atomic mass is 10.0. The number of carbonyl (C=O) groups is 1. The van der Waals surface area contributed by atoms with E-state index in [0.717, 1.165) is 48.8 Å². The van der Waals surface area contributed by atoms with Crippen LogP contribution in [0.25, 0.3) is 10.9 Å². The van der Waals surface area contributed by atoms with Crippen LogP contribution in [-0.2, 0) is 4.79 Å². The number of hydrogen-bond acceptors (Lipinski definition) is 6. The van der Waals surface area contributed by atoms with Gasteiger partial charge in [0.2, 0.25) is 0 Å². The van der Waals surface area contributed by atoms with E-state index in [1.54, 1.807) is 7.11 Å². The monoisotopic (exact) mass is 517 g/mol. The molecule has 1 aliphatic carbocycles. The molecule has 1 unspecified atom stereocenters. The zero-order valence-corrected chi connectivity index (χ0v) is 21.1. The maximum atomic E-state index is 10.6. The van der Waals surface area contributed by atoms with Crippen LogP contribution in [0.4, 0.5) is 5.82 Å². The van der Waals surface area contributed by atoms with E-state index in [-0.39, 0.29) is 12.5 Å². The van der Waals surface area contributed by atoms with Crippen molar-refractivity contribution in [2.45, 2.75) is 64.8 Å². The molecule has 1 aliphatic rings. The summed E-state index contributed by atoms with van der Waals surface area (Å²) in [6.07, 6.45) is 10.1. The molecular formula is C25H32BrN3O4. The summed E-state index contributed by atoms with van der Waals surface area (Å²) in [4.78, 5) is 19.9. The quantitative estimate of drug-likeness (QED) is 0.325. The number of nitrogens with one attached hydrogen (secondary N) is 1. The smallest absolute Gasteiger partial charge is 0.303 e. The first-order valence-electron chi connectivity index (χ1n) is 11.4. The number of carboxylic acids is 1. The molecule has 0 fully saturated rings. The molecule has 33 heavy (non-hydrogen) atoms. The van der Waals surface area contributed by atoms with Crippen LogP contribution in [0.3, 0.4) is 0 Å². The number of rotatable bonds is 12. The second kappa shape index (κ2) is 12.0. The highest BCUT2D eigenvalue weighted by Gasteiger charge is 2.16. The summed E-state index contributed by atoms with van der Waals surface area (Å²) < 4.78 is 12.8. The molecule has 178 valence electrons. The lowest BCUT2D eigenvalue weighted by molar-refractivity contribution is -0.137. The minimum absolute atomic E-state index is 0.0957. The Kier molecular flexibility index (Phi) is 9.11. The molecule has 7 nitrogen and oxygen atoms in total. The number of nitrogens with zero attached hydrogens (tertiary/aromatic N) is 2. The Bertz CT molecular complexity index is 1050. The highest BCUT2D eigenvalue weighted by Crippen LogP contribution is 2.35. The Balaban J connectivity index is 1.72. The van der Waals surface area contributed by atoms with Crippen molar-refractivity contribution < 1.29 is 19.4 Å². The van der Waals surface area contributed by atoms with Gasteiger partial charge in [0.1, 0.15) is 11.6 Å². The summed E-state index contributed by atoms with van der Waals surface area (Å²) in [6.45, 7) is 4.55. The van der Waals surface area contributed by atoms with Crippen LogP contribution in [-0.4, -0.2) is 40.8 Å². The van der Waals surface area contributed by atoms with E-state index >= 15 is 0 Å². The molecule has 1 atom stereocenters. The number of benzene rings is 1. The van der Waals surface area contributed by atoms with Crippen LogP contribution in [0, 0.1) is 6.92 Å². The number of halogens is 1. The summed E-state index contributed by atoms with van der Waals surface area (Å²) in [5.41, 5.74) is 2.02. The van der Waals surface area contributed by atoms with Crippen molar-refractivity contribution in [3.63, 3.8) is 0 Å². The van der Waals surface area contributed by atoms with Crippen LogP contribution < -0.4 is 14.8 Å². The van der Waals surface area contributed by atoms with E-state index < -0.39 is 5.97 Å². The van der Waals surface area contributed by atoms with Crippen molar-refractivity contribution in [2.75, 3.05) is 19.0 Å². The fourth-order valence-corrected chi connectivity index (χ4v) is 4.32. The van der Waals surface area contributed by atoms with E-state index in [0.29, 0.717) is 30.4 Å². The molecule has 0 saturated carbocycles. The molecule has 0 radical (unpaired) electrons. The number of aromatic nitrogens is 2. The summed E-state index contributed by atoms with van der Waals surface area (Å²) in [5.74, 6) is 1.99. The van der Waals surface area contributed by atoms with Crippen molar-refractivity contribution >= 4 is 38.6 Å². The second-order valence-electron chi connectivity index (χ2n) is 8.25. The number of aryl methyl sites for hydroxylation is 1. The largest absolute Gasteiger partial charge is 0.493 e. The maximum absolute atomic E-state index is 10.6. The van der Waals surface area contributed by atoms with Crippen LogP contribution in [0.2, 0.25) is 0 Å². The Labute approximate surface area is 203 Å². The van der Waals surface area contributed by atoms with Crippen LogP contribution in [0.1, 0.15) is 57.7 Å². The average Bonchev–Trinajstić information content (AvgIpc) is 2.77. The fraction of sp³-hybridized carbons (Fsp3) is 0.480. The number of aliphatic carboxylic acids is 1. The predicted molar refractivity (Wildman–Crippen MR) is 134 cm³/mol. The summed E-state index contributed by atoms with van der Waals surface area (Å²) in [5, 5.41) is 13.1. The minimum Gasteiger partial charge on any atom is -0.493 e. The molecule has 2 aromatic rings. The van der Waals surface area contributed by atoms with Gasteiger partial charge in [-0.1, -0.05) is 34.8 Å². The van der Waals surface area contributed by atoms with Gasteiger partial charge in [-0.2, -0.15) is 0 Å². The maximum Gasteiger partial charge on any atom is 0.303 e. The standard InChI is InChI=1S/C25H32BrN3O4/c1-16(18-9-8-10-19(26)13-18)27-25-20-14-22(32-3)23(15-21(20)28-17(2)29-25)33-12-7-5-4-6-11-24(30)31/h9,13-16H,4-8,10-12H2,1-3H3,(H,30,31)(H,27,28,29). The Morgan fingerprint density at radius 3 is 2.73 bits per heavy atom. The highest BCUT2D eigenvalue weighted by molar-refractivity contribution is 9.11. The summed E-state index contributed by atoms with van der Waals surface area (Å²) in [7, 11) is 1.62. The number of methoxy groups -OCH3 is 1. The third kappa shape index (κ3) is 7.19. The fourth-order valence-electron chi connectivity index (χ4n) is 3.83. The second-order valence-corrected chi connectivity index (χ2v) is 9.26. The van der Waals surface area contributed by atoms with Crippen molar-refractivity contribution in [3.8, 4) is 11.5 Å². The van der Waals surface area contributed by atoms with E-state index in [2.05, 4.69) is 50.3 Å². The zero-order chi connectivity index (χ0) is 23.8. The number of allylic oxidation sites excluding steroid dienone is 2. The molecule has 0 saturated heterocycles. The molecule has 0 bridgehead atoms. The lowest BCUT2D eigenvalue weighted by Crippen LogP contribution is -2.19. The molecule has 1 aromatic carbocycles. The molecule has 3 rings (SSSR count). The first-order valence-corrected chi connectivity index (χ1v) is 12.2. The molecule has 0 spiro atoms. The number of carboxylic acid groups (broad SMARTS) is 1. The Morgan fingerprint density at radius 1 is 1.21 bits per heavy atom. The number of ether oxygens (including phenoxy) is 2. The van der Waals surface area contributed by atoms with Crippen molar-refractivity contribution in [2.24, 2.45) is 0 Å². The minimum atomic E-state index is -0.743. The third-order valence-corrected chi connectivity index (χ3v) is 6.20. The van der Waals surface area contributed by atoms with Crippen LogP contribution >= 0.6 is 15.9 Å². The third-order valence-electron chi connectivity index (χ3n) is 5.58. The first-order chi connectivity index (χ1) is 15.9. The summed E-state index contributed by atoms with van der Waals surface area (Å²) in [6, 6.07) is 3.92. The van der Waals surface area contributed by atoms with Gasteiger partial charge >= 0.3 is 5.97 Å². The number of hydrogen-bond donors (Lipinski definition) is 2. The van der Waals surface area contributed by atoms with Crippen molar-refractivity contribution in [1.29, 1.82) is 0 Å². The number of unbranched alkanes of at least 4 members (excludes halogenated alkanes) is 3. The number of fused-ring (bicyclic) bond motifs is 1. The van der Waals surface area contributed by atoms with E-state index in [1.165, 1.54) is 10.1 Å². The SMILES string of the molecule is COc1cc2c(NC(C)C3=CCCC(Br)=C3)nc(C)nc2cc1OCCCCCCC(=O)O.